The van der Waals surface area contributed by atoms with E-state index in [1.54, 1.807) is 12.1 Å². The second-order valence-electron chi connectivity index (χ2n) is 5.26. The number of nitrogens with zero attached hydrogens (tertiary/aromatic N) is 1. The summed E-state index contributed by atoms with van der Waals surface area (Å²) in [6.45, 7) is 0. The van der Waals surface area contributed by atoms with Gasteiger partial charge in [0.1, 0.15) is 0 Å². The van der Waals surface area contributed by atoms with Crippen LogP contribution in [0.1, 0.15) is 10.4 Å². The van der Waals surface area contributed by atoms with Crippen LogP contribution in [0.25, 0.3) is 21.8 Å². The second kappa shape index (κ2) is 7.75. The number of carbonyl (C=O) groups excluding carboxylic acids is 1. The number of hydrogen-bond acceptors (Lipinski definition) is 4. The van der Waals surface area contributed by atoms with Gasteiger partial charge in [0.15, 0.2) is 0 Å². The number of pyridine rings is 1. The maximum Gasteiger partial charge on any atom is 0.372 e. The summed E-state index contributed by atoms with van der Waals surface area (Å²) in [7, 11) is 0. The van der Waals surface area contributed by atoms with E-state index in [-0.39, 0.29) is 5.56 Å². The molecule has 0 amide bonds. The fourth-order valence-electron chi connectivity index (χ4n) is 2.39. The number of halogens is 1. The van der Waals surface area contributed by atoms with Gasteiger partial charge >= 0.3 is 5.97 Å². The fourth-order valence-corrected chi connectivity index (χ4v) is 2.58. The number of aromatic nitrogens is 1. The van der Waals surface area contributed by atoms with E-state index < -0.39 is 5.97 Å². The van der Waals surface area contributed by atoms with Crippen LogP contribution in [0, 0.1) is 0 Å². The molecule has 0 aliphatic heterocycles. The molecule has 4 aromatic rings. The summed E-state index contributed by atoms with van der Waals surface area (Å²) in [5.74, 6) is -0.813. The third-order valence-corrected chi connectivity index (χ3v) is 3.80. The Labute approximate surface area is 149 Å². The normalized spacial score (nSPS) is 10.2. The van der Waals surface area contributed by atoms with Gasteiger partial charge in [-0.25, -0.2) is 9.78 Å². The van der Waals surface area contributed by atoms with E-state index in [4.69, 9.17) is 16.9 Å². The molecule has 0 atom stereocenters. The Hall–Kier alpha value is -2.95. The average molecular weight is 352 g/mol. The Bertz CT molecular complexity index is 928. The fraction of sp³-hybridized carbons (Fsp3) is 0. The number of rotatable bonds is 1. The summed E-state index contributed by atoms with van der Waals surface area (Å²) in [5, 5.41) is 10.8. The van der Waals surface area contributed by atoms with Crippen LogP contribution < -0.4 is 0 Å². The summed E-state index contributed by atoms with van der Waals surface area (Å²) in [5.41, 5.74) is 2.34. The van der Waals surface area contributed by atoms with Crippen LogP contribution in [0.2, 0.25) is 5.02 Å². The molecule has 0 saturated carbocycles. The Morgan fingerprint density at radius 3 is 2.00 bits per heavy atom. The molecule has 4 nitrogen and oxygen atoms in total. The third kappa shape index (κ3) is 4.12. The first-order chi connectivity index (χ1) is 12.2. The Morgan fingerprint density at radius 1 is 0.840 bits per heavy atom. The molecule has 1 N–H and O–H groups in total. The first-order valence-electron chi connectivity index (χ1n) is 7.53. The van der Waals surface area contributed by atoms with E-state index in [0.717, 1.165) is 11.0 Å². The SMILES string of the molecule is O=C(OO)c1cccc(Cl)c1.c1ccc2nc3ccccc3cc2c1. The van der Waals surface area contributed by atoms with Gasteiger partial charge in [0.2, 0.25) is 0 Å². The van der Waals surface area contributed by atoms with Crippen molar-refractivity contribution in [3.63, 3.8) is 0 Å². The van der Waals surface area contributed by atoms with E-state index in [9.17, 15) is 4.79 Å². The third-order valence-electron chi connectivity index (χ3n) is 3.57. The van der Waals surface area contributed by atoms with Crippen LogP contribution in [-0.2, 0) is 4.89 Å². The van der Waals surface area contributed by atoms with Crippen LogP contribution in [0.15, 0.2) is 78.9 Å². The molecule has 1 aromatic heterocycles. The molecule has 0 bridgehead atoms. The van der Waals surface area contributed by atoms with Crippen LogP contribution in [0.5, 0.6) is 0 Å². The lowest BCUT2D eigenvalue weighted by Crippen LogP contribution is -2.00. The first-order valence-corrected chi connectivity index (χ1v) is 7.91. The number of hydrogen-bond donors (Lipinski definition) is 1. The molecule has 0 saturated heterocycles. The number of carbonyl (C=O) groups is 1. The highest BCUT2D eigenvalue weighted by molar-refractivity contribution is 6.30. The Morgan fingerprint density at radius 2 is 1.44 bits per heavy atom. The van der Waals surface area contributed by atoms with Gasteiger partial charge < -0.3 is 0 Å². The molecule has 0 aliphatic rings. The van der Waals surface area contributed by atoms with Gasteiger partial charge in [-0.1, -0.05) is 54.1 Å². The van der Waals surface area contributed by atoms with Crippen molar-refractivity contribution in [2.24, 2.45) is 0 Å². The van der Waals surface area contributed by atoms with E-state index >= 15 is 0 Å². The van der Waals surface area contributed by atoms with Crippen molar-refractivity contribution in [3.05, 3.63) is 89.4 Å². The van der Waals surface area contributed by atoms with Gasteiger partial charge in [0.05, 0.1) is 16.6 Å². The molecule has 0 fully saturated rings. The van der Waals surface area contributed by atoms with Crippen molar-refractivity contribution in [1.29, 1.82) is 0 Å². The lowest BCUT2D eigenvalue weighted by Gasteiger charge is -1.99. The van der Waals surface area contributed by atoms with Gasteiger partial charge in [-0.15, -0.1) is 0 Å². The van der Waals surface area contributed by atoms with Gasteiger partial charge in [-0.2, -0.15) is 5.26 Å². The number of para-hydroxylation sites is 2. The standard InChI is InChI=1S/C13H9N.C7H5ClO3/c1-3-7-12-10(5-1)9-11-6-2-4-8-13(11)14-12;8-6-3-1-2-5(4-6)7(9)11-10/h1-9H;1-4,10H. The highest BCUT2D eigenvalue weighted by Gasteiger charge is 2.05. The highest BCUT2D eigenvalue weighted by Crippen LogP contribution is 2.18. The lowest BCUT2D eigenvalue weighted by molar-refractivity contribution is -0.182. The van der Waals surface area contributed by atoms with Crippen molar-refractivity contribution < 1.29 is 14.9 Å². The van der Waals surface area contributed by atoms with E-state index in [2.05, 4.69) is 28.1 Å². The maximum atomic E-state index is 10.6. The van der Waals surface area contributed by atoms with Gasteiger partial charge in [0.25, 0.3) is 0 Å². The molecule has 1 heterocycles. The zero-order valence-electron chi connectivity index (χ0n) is 13.1. The van der Waals surface area contributed by atoms with Crippen molar-refractivity contribution in [1.82, 2.24) is 4.98 Å². The lowest BCUT2D eigenvalue weighted by atomic mass is 10.1. The van der Waals surface area contributed by atoms with Crippen molar-refractivity contribution in [3.8, 4) is 0 Å². The highest BCUT2D eigenvalue weighted by atomic mass is 35.5. The molecule has 0 radical (unpaired) electrons. The summed E-state index contributed by atoms with van der Waals surface area (Å²) in [4.78, 5) is 18.7. The van der Waals surface area contributed by atoms with Crippen LogP contribution in [-0.4, -0.2) is 16.2 Å². The summed E-state index contributed by atoms with van der Waals surface area (Å²) in [6.07, 6.45) is 0. The first kappa shape index (κ1) is 16.9. The zero-order valence-corrected chi connectivity index (χ0v) is 13.9. The van der Waals surface area contributed by atoms with Crippen LogP contribution >= 0.6 is 11.6 Å². The molecule has 0 aliphatic carbocycles. The smallest absolute Gasteiger partial charge is 0.296 e. The second-order valence-corrected chi connectivity index (χ2v) is 5.70. The minimum atomic E-state index is -0.813. The van der Waals surface area contributed by atoms with Crippen molar-refractivity contribution in [2.45, 2.75) is 0 Å². The Balaban J connectivity index is 0.000000151. The predicted molar refractivity (Wildman–Crippen MR) is 98.7 cm³/mol. The van der Waals surface area contributed by atoms with Crippen LogP contribution in [0.4, 0.5) is 0 Å². The summed E-state index contributed by atoms with van der Waals surface area (Å²) >= 11 is 5.56. The van der Waals surface area contributed by atoms with Crippen molar-refractivity contribution in [2.75, 3.05) is 0 Å². The molecule has 5 heteroatoms. The minimum absolute atomic E-state index is 0.222. The monoisotopic (exact) mass is 351 g/mol. The molecule has 0 spiro atoms. The molecule has 4 rings (SSSR count). The summed E-state index contributed by atoms with van der Waals surface area (Å²) < 4.78 is 0. The molecule has 124 valence electrons. The van der Waals surface area contributed by atoms with E-state index in [1.165, 1.54) is 22.9 Å². The van der Waals surface area contributed by atoms with E-state index in [1.807, 2.05) is 36.4 Å². The van der Waals surface area contributed by atoms with Gasteiger partial charge in [-0.3, -0.25) is 4.89 Å². The Kier molecular flexibility index (Phi) is 5.23. The largest absolute Gasteiger partial charge is 0.372 e. The maximum absolute atomic E-state index is 10.6. The minimum Gasteiger partial charge on any atom is -0.296 e. The molecule has 3 aromatic carbocycles. The molecular formula is C20H14ClNO3. The topological polar surface area (TPSA) is 59.4 Å². The molecule has 0 unspecified atom stereocenters. The van der Waals surface area contributed by atoms with Crippen LogP contribution in [0.3, 0.4) is 0 Å². The average Bonchev–Trinajstić information content (AvgIpc) is 2.66. The number of benzene rings is 3. The van der Waals surface area contributed by atoms with Crippen molar-refractivity contribution >= 4 is 39.4 Å². The van der Waals surface area contributed by atoms with Gasteiger partial charge in [0, 0.05) is 15.8 Å². The predicted octanol–water partition coefficient (Wildman–Crippen LogP) is 5.36. The van der Waals surface area contributed by atoms with Gasteiger partial charge in [-0.05, 0) is 36.4 Å². The molecular weight excluding hydrogens is 338 g/mol. The quantitative estimate of drug-likeness (QED) is 0.285. The zero-order chi connectivity index (χ0) is 17.6. The number of fused-ring (bicyclic) bond motifs is 2. The van der Waals surface area contributed by atoms with E-state index in [0.29, 0.717) is 5.02 Å². The molecule has 25 heavy (non-hydrogen) atoms. The summed E-state index contributed by atoms with van der Waals surface area (Å²) in [6, 6.07) is 24.7.